The molecule has 5 nitrogen and oxygen atoms in total. The predicted octanol–water partition coefficient (Wildman–Crippen LogP) is 3.71. The Kier molecular flexibility index (Phi) is 4.79. The van der Waals surface area contributed by atoms with Crippen LogP contribution in [-0.2, 0) is 11.2 Å². The average molecular weight is 339 g/mol. The standard InChI is InChI=1S/C19H18FN3O2/c1-12-18(21-17(24)11-13-3-7-15(20)8-4-13)19(23-22-12)14-5-9-16(25-2)10-6-14/h3-10H,11H2,1-2H3,(H,21,24)(H,22,23). The number of rotatable bonds is 5. The van der Waals surface area contributed by atoms with Crippen LogP contribution in [0, 0.1) is 12.7 Å². The van der Waals surface area contributed by atoms with Gasteiger partial charge in [-0.3, -0.25) is 9.89 Å². The molecule has 0 bridgehead atoms. The van der Waals surface area contributed by atoms with Crippen molar-refractivity contribution in [2.24, 2.45) is 0 Å². The molecule has 2 N–H and O–H groups in total. The van der Waals surface area contributed by atoms with Gasteiger partial charge in [-0.05, 0) is 48.9 Å². The minimum atomic E-state index is -0.323. The minimum Gasteiger partial charge on any atom is -0.497 e. The molecule has 0 unspecified atom stereocenters. The van der Waals surface area contributed by atoms with E-state index < -0.39 is 0 Å². The maximum atomic E-state index is 13.0. The second-order valence-corrected chi connectivity index (χ2v) is 5.65. The van der Waals surface area contributed by atoms with Crippen LogP contribution in [0.1, 0.15) is 11.3 Å². The molecule has 0 aliphatic carbocycles. The fraction of sp³-hybridized carbons (Fsp3) is 0.158. The fourth-order valence-electron chi connectivity index (χ4n) is 2.51. The van der Waals surface area contributed by atoms with Crippen LogP contribution in [0.15, 0.2) is 48.5 Å². The van der Waals surface area contributed by atoms with Gasteiger partial charge in [0.05, 0.1) is 24.9 Å². The monoisotopic (exact) mass is 339 g/mol. The molecule has 0 saturated carbocycles. The number of aromatic nitrogens is 2. The van der Waals surface area contributed by atoms with Gasteiger partial charge >= 0.3 is 0 Å². The van der Waals surface area contributed by atoms with Gasteiger partial charge in [-0.25, -0.2) is 4.39 Å². The first kappa shape index (κ1) is 16.7. The first-order valence-corrected chi connectivity index (χ1v) is 7.80. The zero-order valence-corrected chi connectivity index (χ0v) is 14.0. The molecule has 25 heavy (non-hydrogen) atoms. The van der Waals surface area contributed by atoms with E-state index in [9.17, 15) is 9.18 Å². The van der Waals surface area contributed by atoms with Crippen molar-refractivity contribution in [3.63, 3.8) is 0 Å². The Labute approximate surface area is 144 Å². The van der Waals surface area contributed by atoms with Gasteiger partial charge in [0.1, 0.15) is 17.3 Å². The molecule has 1 amide bonds. The number of nitrogens with one attached hydrogen (secondary N) is 2. The molecule has 2 aromatic carbocycles. The molecule has 0 atom stereocenters. The number of hydrogen-bond acceptors (Lipinski definition) is 3. The molecule has 6 heteroatoms. The van der Waals surface area contributed by atoms with Crippen molar-refractivity contribution >= 4 is 11.6 Å². The highest BCUT2D eigenvalue weighted by Gasteiger charge is 2.15. The van der Waals surface area contributed by atoms with Crippen LogP contribution in [0.2, 0.25) is 0 Å². The Balaban J connectivity index is 1.79. The molecule has 0 radical (unpaired) electrons. The van der Waals surface area contributed by atoms with E-state index in [0.29, 0.717) is 11.4 Å². The Morgan fingerprint density at radius 1 is 1.16 bits per heavy atom. The first-order chi connectivity index (χ1) is 12.1. The van der Waals surface area contributed by atoms with E-state index in [1.807, 2.05) is 31.2 Å². The molecule has 0 saturated heterocycles. The summed E-state index contributed by atoms with van der Waals surface area (Å²) < 4.78 is 18.1. The Morgan fingerprint density at radius 3 is 2.48 bits per heavy atom. The third-order valence-corrected chi connectivity index (χ3v) is 3.85. The van der Waals surface area contributed by atoms with E-state index >= 15 is 0 Å². The molecule has 3 aromatic rings. The molecule has 0 aliphatic heterocycles. The molecule has 1 heterocycles. The number of hydrogen-bond donors (Lipinski definition) is 2. The summed E-state index contributed by atoms with van der Waals surface area (Å²) in [5.74, 6) is 0.236. The summed E-state index contributed by atoms with van der Waals surface area (Å²) in [6, 6.07) is 13.3. The van der Waals surface area contributed by atoms with Crippen LogP contribution in [0.5, 0.6) is 5.75 Å². The lowest BCUT2D eigenvalue weighted by atomic mass is 10.1. The van der Waals surface area contributed by atoms with Gasteiger partial charge in [0.2, 0.25) is 5.91 Å². The smallest absolute Gasteiger partial charge is 0.228 e. The van der Waals surface area contributed by atoms with Gasteiger partial charge in [-0.1, -0.05) is 12.1 Å². The van der Waals surface area contributed by atoms with Crippen LogP contribution in [-0.4, -0.2) is 23.2 Å². The highest BCUT2D eigenvalue weighted by molar-refractivity contribution is 5.96. The minimum absolute atomic E-state index is 0.160. The van der Waals surface area contributed by atoms with Crippen molar-refractivity contribution in [1.29, 1.82) is 0 Å². The van der Waals surface area contributed by atoms with E-state index in [1.54, 1.807) is 19.2 Å². The van der Waals surface area contributed by atoms with E-state index in [-0.39, 0.29) is 18.1 Å². The summed E-state index contributed by atoms with van der Waals surface area (Å²) in [4.78, 5) is 12.3. The van der Waals surface area contributed by atoms with E-state index in [4.69, 9.17) is 4.74 Å². The summed E-state index contributed by atoms with van der Waals surface area (Å²) in [6.07, 6.45) is 0.160. The second kappa shape index (κ2) is 7.17. The number of ether oxygens (including phenoxy) is 1. The molecular weight excluding hydrogens is 321 g/mol. The quantitative estimate of drug-likeness (QED) is 0.744. The zero-order chi connectivity index (χ0) is 17.8. The van der Waals surface area contributed by atoms with E-state index in [0.717, 1.165) is 22.6 Å². The summed E-state index contributed by atoms with van der Waals surface area (Å²) in [6.45, 7) is 1.84. The van der Waals surface area contributed by atoms with Crippen LogP contribution >= 0.6 is 0 Å². The van der Waals surface area contributed by atoms with Gasteiger partial charge < -0.3 is 10.1 Å². The lowest BCUT2D eigenvalue weighted by Crippen LogP contribution is -2.15. The maximum absolute atomic E-state index is 13.0. The molecule has 0 fully saturated rings. The number of H-pyrrole nitrogens is 1. The first-order valence-electron chi connectivity index (χ1n) is 7.80. The maximum Gasteiger partial charge on any atom is 0.228 e. The Morgan fingerprint density at radius 2 is 1.84 bits per heavy atom. The number of aromatic amines is 1. The normalized spacial score (nSPS) is 10.5. The van der Waals surface area contributed by atoms with Gasteiger partial charge in [0.25, 0.3) is 0 Å². The number of carbonyl (C=O) groups is 1. The number of carbonyl (C=O) groups excluding carboxylic acids is 1. The number of benzene rings is 2. The number of anilines is 1. The van der Waals surface area contributed by atoms with Crippen LogP contribution in [0.25, 0.3) is 11.3 Å². The van der Waals surface area contributed by atoms with Crippen molar-refractivity contribution in [2.75, 3.05) is 12.4 Å². The van der Waals surface area contributed by atoms with Gasteiger partial charge in [0.15, 0.2) is 0 Å². The molecule has 3 rings (SSSR count). The van der Waals surface area contributed by atoms with E-state index in [2.05, 4.69) is 15.5 Å². The molecule has 0 aliphatic rings. The summed E-state index contributed by atoms with van der Waals surface area (Å²) in [5.41, 5.74) is 3.66. The SMILES string of the molecule is COc1ccc(-c2n[nH]c(C)c2NC(=O)Cc2ccc(F)cc2)cc1. The molecule has 0 spiro atoms. The highest BCUT2D eigenvalue weighted by atomic mass is 19.1. The Hall–Kier alpha value is -3.15. The molecular formula is C19H18FN3O2. The predicted molar refractivity (Wildman–Crippen MR) is 94.0 cm³/mol. The average Bonchev–Trinajstić information content (AvgIpc) is 2.98. The zero-order valence-electron chi connectivity index (χ0n) is 14.0. The summed E-state index contributed by atoms with van der Waals surface area (Å²) in [5, 5.41) is 10.1. The summed E-state index contributed by atoms with van der Waals surface area (Å²) in [7, 11) is 1.61. The third-order valence-electron chi connectivity index (χ3n) is 3.85. The van der Waals surface area contributed by atoms with Crippen molar-refractivity contribution in [3.05, 3.63) is 65.6 Å². The largest absolute Gasteiger partial charge is 0.497 e. The number of nitrogens with zero attached hydrogens (tertiary/aromatic N) is 1. The van der Waals surface area contributed by atoms with Crippen LogP contribution in [0.4, 0.5) is 10.1 Å². The van der Waals surface area contributed by atoms with E-state index in [1.165, 1.54) is 12.1 Å². The van der Waals surface area contributed by atoms with Crippen LogP contribution in [0.3, 0.4) is 0 Å². The number of methoxy groups -OCH3 is 1. The number of amides is 1. The number of aryl methyl sites for hydroxylation is 1. The van der Waals surface area contributed by atoms with Crippen molar-refractivity contribution in [3.8, 4) is 17.0 Å². The molecule has 1 aromatic heterocycles. The van der Waals surface area contributed by atoms with Crippen molar-refractivity contribution < 1.29 is 13.9 Å². The van der Waals surface area contributed by atoms with Crippen LogP contribution < -0.4 is 10.1 Å². The van der Waals surface area contributed by atoms with Crippen molar-refractivity contribution in [2.45, 2.75) is 13.3 Å². The van der Waals surface area contributed by atoms with Gasteiger partial charge in [-0.2, -0.15) is 5.10 Å². The lowest BCUT2D eigenvalue weighted by molar-refractivity contribution is -0.115. The Bertz CT molecular complexity index is 871. The third kappa shape index (κ3) is 3.85. The van der Waals surface area contributed by atoms with Gasteiger partial charge in [0, 0.05) is 5.56 Å². The summed E-state index contributed by atoms with van der Waals surface area (Å²) >= 11 is 0. The topological polar surface area (TPSA) is 67.0 Å². The fourth-order valence-corrected chi connectivity index (χ4v) is 2.51. The van der Waals surface area contributed by atoms with Crippen molar-refractivity contribution in [1.82, 2.24) is 10.2 Å². The molecule has 128 valence electrons. The highest BCUT2D eigenvalue weighted by Crippen LogP contribution is 2.29. The number of halogens is 1. The van der Waals surface area contributed by atoms with Gasteiger partial charge in [-0.15, -0.1) is 0 Å². The second-order valence-electron chi connectivity index (χ2n) is 5.65. The lowest BCUT2D eigenvalue weighted by Gasteiger charge is -2.08.